The van der Waals surface area contributed by atoms with E-state index in [-0.39, 0.29) is 41.4 Å². The zero-order chi connectivity index (χ0) is 23.5. The number of carbonyl (C=O) groups excluding carboxylic acids is 1. The summed E-state index contributed by atoms with van der Waals surface area (Å²) in [5.74, 6) is -0.806. The highest BCUT2D eigenvalue weighted by atomic mass is 19.4. The standard InChI is InChI=1S/C20H20F3N7O2/c1-29(11-18(25)31)6-3-7-32-17-5-4-12(8-13(17)20(21,22)23)14-9-16-19(15(10-24)26-14)27-28-30(16)2/h4-5,8-9H,3,6-7,11H2,1-2H3,(H2,25,31). The van der Waals surface area contributed by atoms with Gasteiger partial charge in [0.2, 0.25) is 5.91 Å². The van der Waals surface area contributed by atoms with E-state index >= 15 is 0 Å². The van der Waals surface area contributed by atoms with Crippen molar-refractivity contribution in [3.05, 3.63) is 35.5 Å². The van der Waals surface area contributed by atoms with Gasteiger partial charge in [-0.2, -0.15) is 18.4 Å². The Kier molecular flexibility index (Phi) is 6.59. The number of nitriles is 1. The Hall–Kier alpha value is -3.72. The Morgan fingerprint density at radius 1 is 1.34 bits per heavy atom. The van der Waals surface area contributed by atoms with Crippen molar-refractivity contribution in [1.29, 1.82) is 5.26 Å². The van der Waals surface area contributed by atoms with Gasteiger partial charge in [-0.05, 0) is 37.7 Å². The van der Waals surface area contributed by atoms with Gasteiger partial charge in [0.05, 0.1) is 29.9 Å². The number of rotatable bonds is 8. The Balaban J connectivity index is 1.86. The number of aromatic nitrogens is 4. The lowest BCUT2D eigenvalue weighted by atomic mass is 10.1. The van der Waals surface area contributed by atoms with E-state index in [0.717, 1.165) is 6.07 Å². The van der Waals surface area contributed by atoms with Gasteiger partial charge in [0.15, 0.2) is 5.69 Å². The van der Waals surface area contributed by atoms with Crippen molar-refractivity contribution in [3.8, 4) is 23.1 Å². The number of pyridine rings is 1. The molecule has 0 bridgehead atoms. The van der Waals surface area contributed by atoms with Crippen molar-refractivity contribution in [2.24, 2.45) is 12.8 Å². The molecule has 0 saturated heterocycles. The third-order valence-corrected chi connectivity index (χ3v) is 4.65. The van der Waals surface area contributed by atoms with Gasteiger partial charge in [0.1, 0.15) is 17.3 Å². The molecule has 0 atom stereocenters. The first-order chi connectivity index (χ1) is 15.1. The quantitative estimate of drug-likeness (QED) is 0.525. The third kappa shape index (κ3) is 5.12. The van der Waals surface area contributed by atoms with Crippen LogP contribution in [0.4, 0.5) is 13.2 Å². The Morgan fingerprint density at radius 3 is 2.75 bits per heavy atom. The summed E-state index contributed by atoms with van der Waals surface area (Å²) in [6.07, 6.45) is -4.26. The largest absolute Gasteiger partial charge is 0.493 e. The minimum Gasteiger partial charge on any atom is -0.493 e. The fourth-order valence-electron chi connectivity index (χ4n) is 3.15. The summed E-state index contributed by atoms with van der Waals surface area (Å²) >= 11 is 0. The smallest absolute Gasteiger partial charge is 0.419 e. The molecule has 3 aromatic rings. The number of nitrogens with two attached hydrogens (primary N) is 1. The van der Waals surface area contributed by atoms with Crippen LogP contribution < -0.4 is 10.5 Å². The van der Waals surface area contributed by atoms with Crippen molar-refractivity contribution in [2.75, 3.05) is 26.7 Å². The molecule has 9 nitrogen and oxygen atoms in total. The fraction of sp³-hybridized carbons (Fsp3) is 0.350. The summed E-state index contributed by atoms with van der Waals surface area (Å²) in [4.78, 5) is 16.7. The topological polar surface area (TPSA) is 123 Å². The molecule has 2 aromatic heterocycles. The van der Waals surface area contributed by atoms with Crippen LogP contribution in [0.3, 0.4) is 0 Å². The number of benzene rings is 1. The van der Waals surface area contributed by atoms with Gasteiger partial charge >= 0.3 is 6.18 Å². The minimum absolute atomic E-state index is 0.0228. The van der Waals surface area contributed by atoms with Crippen LogP contribution in [0.5, 0.6) is 5.75 Å². The normalized spacial score (nSPS) is 11.7. The summed E-state index contributed by atoms with van der Waals surface area (Å²) in [5, 5.41) is 17.0. The van der Waals surface area contributed by atoms with E-state index in [9.17, 15) is 23.2 Å². The Bertz CT molecular complexity index is 1180. The van der Waals surface area contributed by atoms with Crippen LogP contribution in [0.25, 0.3) is 22.3 Å². The number of amides is 1. The maximum absolute atomic E-state index is 13.7. The van der Waals surface area contributed by atoms with Crippen molar-refractivity contribution >= 4 is 16.9 Å². The predicted molar refractivity (Wildman–Crippen MR) is 108 cm³/mol. The van der Waals surface area contributed by atoms with Crippen molar-refractivity contribution < 1.29 is 22.7 Å². The number of hydrogen-bond donors (Lipinski definition) is 1. The van der Waals surface area contributed by atoms with E-state index in [2.05, 4.69) is 15.3 Å². The van der Waals surface area contributed by atoms with Crippen molar-refractivity contribution in [3.63, 3.8) is 0 Å². The highest BCUT2D eigenvalue weighted by Crippen LogP contribution is 2.39. The molecule has 12 heteroatoms. The first-order valence-corrected chi connectivity index (χ1v) is 9.52. The summed E-state index contributed by atoms with van der Waals surface area (Å²) < 4.78 is 47.9. The SMILES string of the molecule is CN(CCCOc1ccc(-c2cc3c(nnn3C)c(C#N)n2)cc1C(F)(F)F)CC(N)=O. The predicted octanol–water partition coefficient (Wildman–Crippen LogP) is 2.11. The van der Waals surface area contributed by atoms with E-state index in [4.69, 9.17) is 10.5 Å². The zero-order valence-electron chi connectivity index (χ0n) is 17.3. The number of alkyl halides is 3. The molecule has 0 aliphatic carbocycles. The second-order valence-corrected chi connectivity index (χ2v) is 7.16. The van der Waals surface area contributed by atoms with E-state index in [1.807, 2.05) is 6.07 Å². The van der Waals surface area contributed by atoms with Gasteiger partial charge < -0.3 is 10.5 Å². The molecule has 1 aromatic carbocycles. The number of aryl methyl sites for hydroxylation is 1. The summed E-state index contributed by atoms with van der Waals surface area (Å²) in [6, 6.07) is 7.04. The average molecular weight is 447 g/mol. The highest BCUT2D eigenvalue weighted by Gasteiger charge is 2.35. The van der Waals surface area contributed by atoms with Crippen LogP contribution in [-0.2, 0) is 18.0 Å². The molecule has 0 unspecified atom stereocenters. The van der Waals surface area contributed by atoms with Crippen molar-refractivity contribution in [2.45, 2.75) is 12.6 Å². The van der Waals surface area contributed by atoms with E-state index in [0.29, 0.717) is 18.5 Å². The van der Waals surface area contributed by atoms with Crippen LogP contribution in [0.15, 0.2) is 24.3 Å². The molecule has 168 valence electrons. The van der Waals surface area contributed by atoms with Crippen LogP contribution in [0.2, 0.25) is 0 Å². The molecule has 0 radical (unpaired) electrons. The molecule has 0 saturated carbocycles. The van der Waals surface area contributed by atoms with Crippen LogP contribution >= 0.6 is 0 Å². The summed E-state index contributed by atoms with van der Waals surface area (Å²) in [6.45, 7) is 0.508. The molecule has 0 aliphatic rings. The second kappa shape index (κ2) is 9.19. The minimum atomic E-state index is -4.66. The molecule has 3 rings (SSSR count). The molecule has 1 amide bonds. The molecular formula is C20H20F3N7O2. The van der Waals surface area contributed by atoms with Gasteiger partial charge in [0.25, 0.3) is 0 Å². The monoisotopic (exact) mass is 447 g/mol. The third-order valence-electron chi connectivity index (χ3n) is 4.65. The Morgan fingerprint density at radius 2 is 2.09 bits per heavy atom. The summed E-state index contributed by atoms with van der Waals surface area (Å²) in [5.41, 5.74) is 5.22. The van der Waals surface area contributed by atoms with E-state index in [1.54, 1.807) is 19.0 Å². The van der Waals surface area contributed by atoms with Gasteiger partial charge in [-0.1, -0.05) is 5.21 Å². The number of fused-ring (bicyclic) bond motifs is 1. The first kappa shape index (κ1) is 23.0. The number of nitrogens with zero attached hydrogens (tertiary/aromatic N) is 6. The lowest BCUT2D eigenvalue weighted by Gasteiger charge is -2.17. The lowest BCUT2D eigenvalue weighted by Crippen LogP contribution is -2.31. The van der Waals surface area contributed by atoms with Crippen LogP contribution in [0, 0.1) is 11.3 Å². The van der Waals surface area contributed by atoms with Crippen LogP contribution in [0.1, 0.15) is 17.7 Å². The van der Waals surface area contributed by atoms with E-state index < -0.39 is 17.6 Å². The van der Waals surface area contributed by atoms with Crippen molar-refractivity contribution in [1.82, 2.24) is 24.9 Å². The molecule has 32 heavy (non-hydrogen) atoms. The molecule has 0 fully saturated rings. The molecule has 0 spiro atoms. The van der Waals surface area contributed by atoms with Gasteiger partial charge in [-0.3, -0.25) is 9.69 Å². The maximum Gasteiger partial charge on any atom is 0.419 e. The average Bonchev–Trinajstić information content (AvgIpc) is 3.10. The fourth-order valence-corrected chi connectivity index (χ4v) is 3.15. The number of carbonyl (C=O) groups is 1. The lowest BCUT2D eigenvalue weighted by molar-refractivity contribution is -0.139. The Labute approximate surface area is 181 Å². The highest BCUT2D eigenvalue weighted by molar-refractivity contribution is 5.83. The van der Waals surface area contributed by atoms with Crippen LogP contribution in [-0.4, -0.2) is 57.5 Å². The number of likely N-dealkylation sites (N-methyl/N-ethyl adjacent to an activating group) is 1. The molecular weight excluding hydrogens is 427 g/mol. The van der Waals surface area contributed by atoms with Gasteiger partial charge in [-0.15, -0.1) is 5.10 Å². The number of ether oxygens (including phenoxy) is 1. The van der Waals surface area contributed by atoms with E-state index in [1.165, 1.54) is 22.9 Å². The number of primary amides is 1. The molecule has 2 N–H and O–H groups in total. The summed E-state index contributed by atoms with van der Waals surface area (Å²) in [7, 11) is 3.29. The van der Waals surface area contributed by atoms with Gasteiger partial charge in [0, 0.05) is 19.2 Å². The number of halogens is 3. The second-order valence-electron chi connectivity index (χ2n) is 7.16. The zero-order valence-corrected chi connectivity index (χ0v) is 17.3. The maximum atomic E-state index is 13.7. The molecule has 0 aliphatic heterocycles. The molecule has 2 heterocycles. The van der Waals surface area contributed by atoms with Gasteiger partial charge in [-0.25, -0.2) is 9.67 Å². The number of hydrogen-bond acceptors (Lipinski definition) is 7. The first-order valence-electron chi connectivity index (χ1n) is 9.52.